The van der Waals surface area contributed by atoms with Crippen molar-refractivity contribution in [2.75, 3.05) is 5.73 Å². The minimum absolute atomic E-state index is 0.0496. The van der Waals surface area contributed by atoms with Crippen LogP contribution in [0.2, 0.25) is 0 Å². The molecule has 0 aliphatic heterocycles. The third-order valence-electron chi connectivity index (χ3n) is 2.94. The maximum absolute atomic E-state index is 12.4. The molecular formula is C12H8F3N7. The van der Waals surface area contributed by atoms with Gasteiger partial charge in [-0.05, 0) is 6.92 Å². The van der Waals surface area contributed by atoms with Crippen LogP contribution in [0.5, 0.6) is 0 Å². The Morgan fingerprint density at radius 2 is 1.82 bits per heavy atom. The van der Waals surface area contributed by atoms with E-state index in [1.807, 2.05) is 0 Å². The van der Waals surface area contributed by atoms with Gasteiger partial charge in [0.15, 0.2) is 5.69 Å². The van der Waals surface area contributed by atoms with Crippen molar-refractivity contribution >= 4 is 5.82 Å². The van der Waals surface area contributed by atoms with Gasteiger partial charge in [-0.25, -0.2) is 14.6 Å². The van der Waals surface area contributed by atoms with Crippen LogP contribution in [0.25, 0.3) is 0 Å². The molecule has 0 bridgehead atoms. The average Bonchev–Trinajstić information content (AvgIpc) is 2.81. The van der Waals surface area contributed by atoms with Gasteiger partial charge in [0.1, 0.15) is 23.5 Å². The van der Waals surface area contributed by atoms with Crippen LogP contribution in [0.3, 0.4) is 0 Å². The number of aromatic nitrogens is 4. The molecule has 0 aliphatic rings. The molecule has 10 heteroatoms. The van der Waals surface area contributed by atoms with Crippen molar-refractivity contribution < 1.29 is 13.2 Å². The van der Waals surface area contributed by atoms with Gasteiger partial charge in [0, 0.05) is 18.0 Å². The van der Waals surface area contributed by atoms with Gasteiger partial charge in [-0.1, -0.05) is 0 Å². The summed E-state index contributed by atoms with van der Waals surface area (Å²) >= 11 is 0. The number of hydrogen-bond acceptors (Lipinski definition) is 6. The Kier molecular flexibility index (Phi) is 3.70. The molecule has 0 saturated carbocycles. The van der Waals surface area contributed by atoms with Crippen molar-refractivity contribution in [3.8, 4) is 12.1 Å². The summed E-state index contributed by atoms with van der Waals surface area (Å²) in [7, 11) is 0. The summed E-state index contributed by atoms with van der Waals surface area (Å²) in [5, 5.41) is 21.7. The van der Waals surface area contributed by atoms with Gasteiger partial charge in [-0.2, -0.15) is 28.8 Å². The van der Waals surface area contributed by atoms with E-state index < -0.39 is 18.0 Å². The molecule has 0 amide bonds. The summed E-state index contributed by atoms with van der Waals surface area (Å²) in [6.45, 7) is 1.58. The molecule has 2 rings (SSSR count). The monoisotopic (exact) mass is 307 g/mol. The number of halogens is 3. The first kappa shape index (κ1) is 15.3. The lowest BCUT2D eigenvalue weighted by Gasteiger charge is -2.14. The fraction of sp³-hybridized carbons (Fsp3) is 0.250. The number of nitrogen functional groups attached to an aromatic ring is 1. The number of nitrogens with zero attached hydrogens (tertiary/aromatic N) is 6. The van der Waals surface area contributed by atoms with Crippen LogP contribution < -0.4 is 5.73 Å². The number of hydrogen-bond donors (Lipinski definition) is 1. The van der Waals surface area contributed by atoms with Crippen molar-refractivity contribution in [3.05, 3.63) is 35.0 Å². The molecule has 0 aromatic carbocycles. The fourth-order valence-electron chi connectivity index (χ4n) is 1.77. The number of anilines is 1. The van der Waals surface area contributed by atoms with Crippen LogP contribution >= 0.6 is 0 Å². The maximum atomic E-state index is 12.4. The van der Waals surface area contributed by atoms with Gasteiger partial charge in [0.25, 0.3) is 0 Å². The quantitative estimate of drug-likeness (QED) is 0.901. The Balaban J connectivity index is 2.41. The van der Waals surface area contributed by atoms with Crippen LogP contribution in [-0.2, 0) is 6.18 Å². The summed E-state index contributed by atoms with van der Waals surface area (Å²) in [5.74, 6) is -1.31. The second kappa shape index (κ2) is 5.33. The predicted molar refractivity (Wildman–Crippen MR) is 66.9 cm³/mol. The van der Waals surface area contributed by atoms with E-state index in [0.717, 1.165) is 12.4 Å². The van der Waals surface area contributed by atoms with E-state index >= 15 is 0 Å². The Labute approximate surface area is 122 Å². The molecular weight excluding hydrogens is 299 g/mol. The van der Waals surface area contributed by atoms with Gasteiger partial charge in [-0.15, -0.1) is 0 Å². The summed E-state index contributed by atoms with van der Waals surface area (Å²) in [6.07, 6.45) is -2.63. The zero-order valence-corrected chi connectivity index (χ0v) is 11.1. The molecule has 22 heavy (non-hydrogen) atoms. The van der Waals surface area contributed by atoms with E-state index in [2.05, 4.69) is 15.1 Å². The van der Waals surface area contributed by atoms with E-state index in [4.69, 9.17) is 16.3 Å². The molecule has 0 spiro atoms. The normalized spacial score (nSPS) is 12.5. The highest BCUT2D eigenvalue weighted by Crippen LogP contribution is 2.27. The summed E-state index contributed by atoms with van der Waals surface area (Å²) in [6, 6.07) is 2.85. The lowest BCUT2D eigenvalue weighted by Crippen LogP contribution is -2.15. The van der Waals surface area contributed by atoms with E-state index in [1.165, 1.54) is 4.68 Å². The first-order valence-electron chi connectivity index (χ1n) is 5.87. The van der Waals surface area contributed by atoms with E-state index in [9.17, 15) is 13.2 Å². The smallest absolute Gasteiger partial charge is 0.383 e. The molecule has 2 heterocycles. The molecule has 112 valence electrons. The lowest BCUT2D eigenvalue weighted by atomic mass is 10.2. The first-order valence-corrected chi connectivity index (χ1v) is 5.87. The predicted octanol–water partition coefficient (Wildman–Crippen LogP) is 1.63. The van der Waals surface area contributed by atoms with E-state index in [-0.39, 0.29) is 17.1 Å². The molecule has 0 radical (unpaired) electrons. The standard InChI is InChI=1S/C12H8F3N7/c1-6(7-4-19-11(20-5-7)12(13,14)15)22-10(18)8(2-16)9(3-17)21-22/h4-6H,18H2,1H3. The molecule has 2 aromatic rings. The van der Waals surface area contributed by atoms with Gasteiger partial charge >= 0.3 is 6.18 Å². The van der Waals surface area contributed by atoms with Crippen molar-refractivity contribution in [3.63, 3.8) is 0 Å². The third kappa shape index (κ3) is 2.54. The maximum Gasteiger partial charge on any atom is 0.451 e. The Morgan fingerprint density at radius 3 is 2.23 bits per heavy atom. The average molecular weight is 307 g/mol. The minimum Gasteiger partial charge on any atom is -0.383 e. The summed E-state index contributed by atoms with van der Waals surface area (Å²) in [5.41, 5.74) is 5.80. The van der Waals surface area contributed by atoms with Crippen LogP contribution in [0.1, 0.15) is 35.6 Å². The number of nitriles is 2. The van der Waals surface area contributed by atoms with Crippen molar-refractivity contribution in [2.24, 2.45) is 0 Å². The van der Waals surface area contributed by atoms with Crippen molar-refractivity contribution in [1.82, 2.24) is 19.7 Å². The lowest BCUT2D eigenvalue weighted by molar-refractivity contribution is -0.145. The van der Waals surface area contributed by atoms with Gasteiger partial charge in [0.05, 0.1) is 6.04 Å². The Morgan fingerprint density at radius 1 is 1.23 bits per heavy atom. The molecule has 0 saturated heterocycles. The van der Waals surface area contributed by atoms with Gasteiger partial charge in [-0.3, -0.25) is 0 Å². The molecule has 2 N–H and O–H groups in total. The second-order valence-corrected chi connectivity index (χ2v) is 4.29. The van der Waals surface area contributed by atoms with E-state index in [1.54, 1.807) is 19.1 Å². The third-order valence-corrected chi connectivity index (χ3v) is 2.94. The fourth-order valence-corrected chi connectivity index (χ4v) is 1.77. The second-order valence-electron chi connectivity index (χ2n) is 4.29. The van der Waals surface area contributed by atoms with Crippen LogP contribution in [0.4, 0.5) is 19.0 Å². The van der Waals surface area contributed by atoms with E-state index in [0.29, 0.717) is 5.56 Å². The summed E-state index contributed by atoms with van der Waals surface area (Å²) < 4.78 is 38.4. The largest absolute Gasteiger partial charge is 0.451 e. The molecule has 0 aliphatic carbocycles. The van der Waals surface area contributed by atoms with Crippen molar-refractivity contribution in [2.45, 2.75) is 19.1 Å². The number of rotatable bonds is 2. The van der Waals surface area contributed by atoms with Crippen LogP contribution in [-0.4, -0.2) is 19.7 Å². The molecule has 0 fully saturated rings. The molecule has 7 nitrogen and oxygen atoms in total. The first-order chi connectivity index (χ1) is 10.3. The zero-order valence-electron chi connectivity index (χ0n) is 11.1. The highest BCUT2D eigenvalue weighted by atomic mass is 19.4. The molecule has 1 atom stereocenters. The minimum atomic E-state index is -4.63. The number of nitrogens with two attached hydrogens (primary N) is 1. The molecule has 1 unspecified atom stereocenters. The Hall–Kier alpha value is -3.14. The van der Waals surface area contributed by atoms with Gasteiger partial charge in [0.2, 0.25) is 5.82 Å². The highest BCUT2D eigenvalue weighted by Gasteiger charge is 2.34. The molecule has 2 aromatic heterocycles. The Bertz CT molecular complexity index is 777. The number of alkyl halides is 3. The topological polar surface area (TPSA) is 117 Å². The summed E-state index contributed by atoms with van der Waals surface area (Å²) in [4.78, 5) is 6.50. The highest BCUT2D eigenvalue weighted by molar-refractivity contribution is 5.56. The van der Waals surface area contributed by atoms with Gasteiger partial charge < -0.3 is 5.73 Å². The van der Waals surface area contributed by atoms with Crippen LogP contribution in [0.15, 0.2) is 12.4 Å². The van der Waals surface area contributed by atoms with Crippen LogP contribution in [0, 0.1) is 22.7 Å². The zero-order chi connectivity index (χ0) is 16.5. The van der Waals surface area contributed by atoms with Crippen molar-refractivity contribution in [1.29, 1.82) is 10.5 Å². The SMILES string of the molecule is CC(c1cnc(C(F)(F)F)nc1)n1nc(C#N)c(C#N)c1N.